The minimum atomic E-state index is -1.07. The van der Waals surface area contributed by atoms with Crippen LogP contribution < -0.4 is 22.3 Å². The van der Waals surface area contributed by atoms with E-state index >= 15 is 0 Å². The maximum atomic E-state index is 13.1. The van der Waals surface area contributed by atoms with Crippen LogP contribution in [-0.2, 0) is 28.4 Å². The van der Waals surface area contributed by atoms with E-state index in [1.54, 1.807) is 0 Å². The van der Waals surface area contributed by atoms with Gasteiger partial charge in [-0.25, -0.2) is 9.59 Å². The first-order valence-corrected chi connectivity index (χ1v) is 10.6. The Bertz CT molecular complexity index is 1160. The predicted molar refractivity (Wildman–Crippen MR) is 116 cm³/mol. The molecular formula is C21H29N5O7. The second-order valence-electron chi connectivity index (χ2n) is 9.81. The Morgan fingerprint density at radius 2 is 1.76 bits per heavy atom. The number of imide groups is 1. The number of hydrogen-bond donors (Lipinski definition) is 2. The SMILES string of the molecule is C[C@H]1CC(C)(C)C[C@]2(C1)NC(=O)N(CC(=O)OCC(=O)c1c(N)n(C)c(=O)n(C)c1=O)C2=O. The van der Waals surface area contributed by atoms with Crippen molar-refractivity contribution in [2.75, 3.05) is 18.9 Å². The number of carbonyl (C=O) groups excluding carboxylic acids is 4. The molecule has 12 heteroatoms. The standard InChI is InChI=1S/C21H29N5O7/c1-11-6-20(2,3)10-21(7-11)17(30)26(18(31)23-21)8-13(28)33-9-12(27)14-15(22)24(4)19(32)25(5)16(14)29/h11H,6-10,22H2,1-5H3,(H,23,31)/t11-,21-/m0/s1. The quantitative estimate of drug-likeness (QED) is 0.336. The zero-order valence-corrected chi connectivity index (χ0v) is 19.4. The molecule has 180 valence electrons. The first-order valence-electron chi connectivity index (χ1n) is 10.6. The van der Waals surface area contributed by atoms with Crippen LogP contribution in [0, 0.1) is 11.3 Å². The number of hydrogen-bond acceptors (Lipinski definition) is 8. The third kappa shape index (κ3) is 4.29. The van der Waals surface area contributed by atoms with Gasteiger partial charge in [-0.05, 0) is 30.6 Å². The Labute approximate surface area is 189 Å². The summed E-state index contributed by atoms with van der Waals surface area (Å²) >= 11 is 0. The molecule has 0 bridgehead atoms. The second-order valence-corrected chi connectivity index (χ2v) is 9.81. The van der Waals surface area contributed by atoms with Gasteiger partial charge in [0.15, 0.2) is 6.61 Å². The largest absolute Gasteiger partial charge is 0.456 e. The molecule has 2 atom stereocenters. The van der Waals surface area contributed by atoms with Gasteiger partial charge in [-0.15, -0.1) is 0 Å². The zero-order valence-electron chi connectivity index (χ0n) is 19.4. The molecule has 0 aromatic carbocycles. The van der Waals surface area contributed by atoms with Crippen molar-refractivity contribution in [2.45, 2.75) is 45.6 Å². The van der Waals surface area contributed by atoms with Crippen molar-refractivity contribution < 1.29 is 23.9 Å². The van der Waals surface area contributed by atoms with E-state index < -0.39 is 59.2 Å². The smallest absolute Gasteiger partial charge is 0.332 e. The van der Waals surface area contributed by atoms with Gasteiger partial charge >= 0.3 is 17.7 Å². The van der Waals surface area contributed by atoms with Gasteiger partial charge in [0.1, 0.15) is 23.5 Å². The van der Waals surface area contributed by atoms with Gasteiger partial charge in [-0.3, -0.25) is 33.2 Å². The number of ketones is 1. The number of aromatic nitrogens is 2. The average molecular weight is 463 g/mol. The molecule has 0 unspecified atom stereocenters. The van der Waals surface area contributed by atoms with E-state index in [0.29, 0.717) is 17.4 Å². The summed E-state index contributed by atoms with van der Waals surface area (Å²) in [7, 11) is 2.48. The second kappa shape index (κ2) is 8.16. The lowest BCUT2D eigenvalue weighted by molar-refractivity contribution is -0.147. The number of urea groups is 1. The van der Waals surface area contributed by atoms with Crippen LogP contribution in [0.3, 0.4) is 0 Å². The molecule has 0 radical (unpaired) electrons. The van der Waals surface area contributed by atoms with Crippen LogP contribution in [0.4, 0.5) is 10.6 Å². The first kappa shape index (κ1) is 24.2. The molecule has 3 rings (SSSR count). The molecule has 1 aromatic rings. The van der Waals surface area contributed by atoms with Crippen LogP contribution in [0.2, 0.25) is 0 Å². The number of rotatable bonds is 5. The van der Waals surface area contributed by atoms with Crippen LogP contribution in [0.1, 0.15) is 50.4 Å². The summed E-state index contributed by atoms with van der Waals surface area (Å²) in [5, 5.41) is 2.75. The molecule has 1 aliphatic heterocycles. The molecule has 12 nitrogen and oxygen atoms in total. The number of nitrogens with zero attached hydrogens (tertiary/aromatic N) is 3. The Hall–Kier alpha value is -3.44. The normalized spacial score (nSPS) is 24.2. The molecule has 1 aliphatic carbocycles. The third-order valence-electron chi connectivity index (χ3n) is 6.26. The Morgan fingerprint density at radius 1 is 1.12 bits per heavy atom. The van der Waals surface area contributed by atoms with E-state index in [-0.39, 0.29) is 17.2 Å². The van der Waals surface area contributed by atoms with E-state index in [1.807, 2.05) is 20.8 Å². The third-order valence-corrected chi connectivity index (χ3v) is 6.26. The van der Waals surface area contributed by atoms with Crippen LogP contribution in [0.5, 0.6) is 0 Å². The summed E-state index contributed by atoms with van der Waals surface area (Å²) in [6.07, 6.45) is 1.84. The highest BCUT2D eigenvalue weighted by atomic mass is 16.5. The Balaban J connectivity index is 1.69. The number of Topliss-reactive ketones (excluding diaryl/α,β-unsaturated/α-hetero) is 1. The maximum Gasteiger partial charge on any atom is 0.332 e. The lowest BCUT2D eigenvalue weighted by Crippen LogP contribution is -2.54. The maximum absolute atomic E-state index is 13.1. The van der Waals surface area contributed by atoms with Crippen molar-refractivity contribution in [3.63, 3.8) is 0 Å². The van der Waals surface area contributed by atoms with Crippen molar-refractivity contribution in [3.8, 4) is 0 Å². The first-order chi connectivity index (χ1) is 15.2. The number of ether oxygens (including phenoxy) is 1. The van der Waals surface area contributed by atoms with Crippen molar-refractivity contribution in [2.24, 2.45) is 25.4 Å². The monoisotopic (exact) mass is 463 g/mol. The topological polar surface area (TPSA) is 163 Å². The van der Waals surface area contributed by atoms with E-state index in [0.717, 1.165) is 15.9 Å². The van der Waals surface area contributed by atoms with Crippen molar-refractivity contribution in [1.29, 1.82) is 0 Å². The molecule has 1 aromatic heterocycles. The summed E-state index contributed by atoms with van der Waals surface area (Å²) in [6, 6.07) is -0.690. The average Bonchev–Trinajstić information content (AvgIpc) is 2.91. The summed E-state index contributed by atoms with van der Waals surface area (Å²) in [4.78, 5) is 75.3. The molecule has 3 N–H and O–H groups in total. The highest BCUT2D eigenvalue weighted by Crippen LogP contribution is 2.46. The number of nitrogens with one attached hydrogen (secondary N) is 1. The predicted octanol–water partition coefficient (Wildman–Crippen LogP) is -0.471. The highest BCUT2D eigenvalue weighted by Gasteiger charge is 2.56. The minimum Gasteiger partial charge on any atom is -0.456 e. The summed E-state index contributed by atoms with van der Waals surface area (Å²) in [5.41, 5.74) is 2.39. The van der Waals surface area contributed by atoms with Crippen LogP contribution in [0.25, 0.3) is 0 Å². The molecule has 1 saturated heterocycles. The molecule has 33 heavy (non-hydrogen) atoms. The van der Waals surface area contributed by atoms with Crippen molar-refractivity contribution in [3.05, 3.63) is 26.4 Å². The van der Waals surface area contributed by atoms with Gasteiger partial charge in [-0.1, -0.05) is 20.8 Å². The molecule has 1 spiro atoms. The van der Waals surface area contributed by atoms with Gasteiger partial charge in [0.2, 0.25) is 5.78 Å². The lowest BCUT2D eigenvalue weighted by Gasteiger charge is -2.43. The fourth-order valence-electron chi connectivity index (χ4n) is 5.16. The Morgan fingerprint density at radius 3 is 2.36 bits per heavy atom. The number of nitrogens with two attached hydrogens (primary N) is 1. The molecule has 2 heterocycles. The Kier molecular flexibility index (Phi) is 5.99. The minimum absolute atomic E-state index is 0.161. The van der Waals surface area contributed by atoms with E-state index in [4.69, 9.17) is 10.5 Å². The van der Waals surface area contributed by atoms with Gasteiger partial charge in [0.05, 0.1) is 0 Å². The molecule has 2 aliphatic rings. The van der Waals surface area contributed by atoms with E-state index in [9.17, 15) is 28.8 Å². The van der Waals surface area contributed by atoms with Crippen LogP contribution in [0.15, 0.2) is 9.59 Å². The van der Waals surface area contributed by atoms with E-state index in [1.165, 1.54) is 14.1 Å². The van der Waals surface area contributed by atoms with Crippen LogP contribution in [-0.4, -0.2) is 56.4 Å². The number of esters is 1. The fraction of sp³-hybridized carbons (Fsp3) is 0.619. The van der Waals surface area contributed by atoms with Crippen molar-refractivity contribution >= 4 is 29.5 Å². The summed E-state index contributed by atoms with van der Waals surface area (Å²) in [5.74, 6) is -2.54. The number of nitrogen functional groups attached to an aromatic ring is 1. The molecule has 3 amide bonds. The lowest BCUT2D eigenvalue weighted by atomic mass is 9.64. The summed E-state index contributed by atoms with van der Waals surface area (Å²) < 4.78 is 6.56. The van der Waals surface area contributed by atoms with Gasteiger partial charge in [-0.2, -0.15) is 0 Å². The number of anilines is 1. The number of carbonyl (C=O) groups is 4. The zero-order chi connectivity index (χ0) is 24.9. The number of amides is 3. The van der Waals surface area contributed by atoms with Gasteiger partial charge < -0.3 is 15.8 Å². The molecular weight excluding hydrogens is 434 g/mol. The van der Waals surface area contributed by atoms with E-state index in [2.05, 4.69) is 5.32 Å². The van der Waals surface area contributed by atoms with Gasteiger partial charge in [0, 0.05) is 14.1 Å². The van der Waals surface area contributed by atoms with Gasteiger partial charge in [0.25, 0.3) is 11.5 Å². The van der Waals surface area contributed by atoms with Crippen molar-refractivity contribution in [1.82, 2.24) is 19.4 Å². The fourth-order valence-corrected chi connectivity index (χ4v) is 5.16. The molecule has 2 fully saturated rings. The summed E-state index contributed by atoms with van der Waals surface area (Å²) in [6.45, 7) is 4.56. The molecule has 1 saturated carbocycles. The van der Waals surface area contributed by atoms with Crippen LogP contribution >= 0.6 is 0 Å². The highest BCUT2D eigenvalue weighted by molar-refractivity contribution is 6.09.